The van der Waals surface area contributed by atoms with Gasteiger partial charge in [-0.05, 0) is 35.6 Å². The monoisotopic (exact) mass is 260 g/mol. The van der Waals surface area contributed by atoms with Gasteiger partial charge in [-0.3, -0.25) is 4.79 Å². The van der Waals surface area contributed by atoms with E-state index in [2.05, 4.69) is 6.92 Å². The van der Waals surface area contributed by atoms with Crippen LogP contribution in [-0.4, -0.2) is 13.0 Å². The number of aryl methyl sites for hydroxylation is 1. The minimum Gasteiger partial charge on any atom is -0.397 e. The number of carbonyl (C=O) groups excluding carboxylic acids is 1. The molecule has 0 saturated carbocycles. The van der Waals surface area contributed by atoms with Crippen molar-refractivity contribution in [2.75, 3.05) is 17.7 Å². The van der Waals surface area contributed by atoms with Crippen molar-refractivity contribution in [3.8, 4) is 0 Å². The van der Waals surface area contributed by atoms with Crippen molar-refractivity contribution >= 4 is 28.6 Å². The predicted octanol–water partition coefficient (Wildman–Crippen LogP) is 3.17. The fourth-order valence-corrected chi connectivity index (χ4v) is 2.51. The average Bonchev–Trinajstić information content (AvgIpc) is 2.83. The summed E-state index contributed by atoms with van der Waals surface area (Å²) in [5.74, 6) is -0.0632. The van der Waals surface area contributed by atoms with E-state index in [1.165, 1.54) is 16.9 Å². The maximum absolute atomic E-state index is 12.2. The summed E-state index contributed by atoms with van der Waals surface area (Å²) < 4.78 is 0. The highest BCUT2D eigenvalue weighted by Crippen LogP contribution is 2.23. The minimum atomic E-state index is -0.0632. The third kappa shape index (κ3) is 2.38. The van der Waals surface area contributed by atoms with Crippen LogP contribution in [0.15, 0.2) is 35.7 Å². The molecule has 0 bridgehead atoms. The molecule has 1 aromatic heterocycles. The Bertz CT molecular complexity index is 545. The SMILES string of the molecule is CCc1ccc(N(C)C(=O)c2sccc2N)cc1. The Labute approximate surface area is 111 Å². The number of nitrogen functional groups attached to an aromatic ring is 1. The molecule has 18 heavy (non-hydrogen) atoms. The first-order valence-electron chi connectivity index (χ1n) is 5.83. The van der Waals surface area contributed by atoms with E-state index in [4.69, 9.17) is 5.73 Å². The van der Waals surface area contributed by atoms with E-state index in [0.717, 1.165) is 12.1 Å². The normalized spacial score (nSPS) is 10.3. The number of amides is 1. The van der Waals surface area contributed by atoms with Gasteiger partial charge >= 0.3 is 0 Å². The summed E-state index contributed by atoms with van der Waals surface area (Å²) in [6.45, 7) is 2.11. The lowest BCUT2D eigenvalue weighted by atomic mass is 10.1. The fraction of sp³-hybridized carbons (Fsp3) is 0.214. The molecule has 0 unspecified atom stereocenters. The summed E-state index contributed by atoms with van der Waals surface area (Å²) in [6.07, 6.45) is 0.996. The first kappa shape index (κ1) is 12.6. The van der Waals surface area contributed by atoms with Gasteiger partial charge in [0.15, 0.2) is 0 Å². The summed E-state index contributed by atoms with van der Waals surface area (Å²) >= 11 is 1.37. The van der Waals surface area contributed by atoms with Crippen molar-refractivity contribution in [2.24, 2.45) is 0 Å². The Morgan fingerprint density at radius 2 is 1.94 bits per heavy atom. The quantitative estimate of drug-likeness (QED) is 0.921. The number of anilines is 2. The van der Waals surface area contributed by atoms with E-state index in [-0.39, 0.29) is 5.91 Å². The highest BCUT2D eigenvalue weighted by molar-refractivity contribution is 7.12. The molecule has 0 aliphatic carbocycles. The van der Waals surface area contributed by atoms with Crippen LogP contribution in [0, 0.1) is 0 Å². The Morgan fingerprint density at radius 3 is 2.44 bits per heavy atom. The molecule has 1 amide bonds. The molecular formula is C14H16N2OS. The zero-order chi connectivity index (χ0) is 13.1. The van der Waals surface area contributed by atoms with Gasteiger partial charge in [0, 0.05) is 12.7 Å². The third-order valence-electron chi connectivity index (χ3n) is 2.93. The lowest BCUT2D eigenvalue weighted by Gasteiger charge is -2.17. The van der Waals surface area contributed by atoms with Gasteiger partial charge in [-0.2, -0.15) is 0 Å². The Balaban J connectivity index is 2.23. The number of hydrogen-bond acceptors (Lipinski definition) is 3. The van der Waals surface area contributed by atoms with Crippen LogP contribution in [0.4, 0.5) is 11.4 Å². The topological polar surface area (TPSA) is 46.3 Å². The second kappa shape index (κ2) is 5.23. The molecule has 0 saturated heterocycles. The first-order valence-corrected chi connectivity index (χ1v) is 6.71. The molecule has 0 aliphatic rings. The zero-order valence-corrected chi connectivity index (χ0v) is 11.3. The molecule has 1 heterocycles. The number of carbonyl (C=O) groups is 1. The average molecular weight is 260 g/mol. The summed E-state index contributed by atoms with van der Waals surface area (Å²) in [7, 11) is 1.77. The van der Waals surface area contributed by atoms with Gasteiger partial charge in [0.05, 0.1) is 5.69 Å². The molecule has 4 heteroatoms. The van der Waals surface area contributed by atoms with Crippen molar-refractivity contribution < 1.29 is 4.79 Å². The van der Waals surface area contributed by atoms with E-state index in [9.17, 15) is 4.79 Å². The van der Waals surface area contributed by atoms with Gasteiger partial charge in [0.25, 0.3) is 5.91 Å². The molecule has 3 nitrogen and oxygen atoms in total. The van der Waals surface area contributed by atoms with Crippen molar-refractivity contribution in [3.63, 3.8) is 0 Å². The Hall–Kier alpha value is -1.81. The fourth-order valence-electron chi connectivity index (χ4n) is 1.72. The van der Waals surface area contributed by atoms with Crippen molar-refractivity contribution in [1.29, 1.82) is 0 Å². The maximum Gasteiger partial charge on any atom is 0.270 e. The van der Waals surface area contributed by atoms with Crippen LogP contribution in [0.2, 0.25) is 0 Å². The van der Waals surface area contributed by atoms with Crippen LogP contribution < -0.4 is 10.6 Å². The van der Waals surface area contributed by atoms with Crippen LogP contribution in [0.1, 0.15) is 22.2 Å². The highest BCUT2D eigenvalue weighted by atomic mass is 32.1. The van der Waals surface area contributed by atoms with Gasteiger partial charge in [0.1, 0.15) is 4.88 Å². The molecule has 0 fully saturated rings. The largest absolute Gasteiger partial charge is 0.397 e. The Kier molecular flexibility index (Phi) is 3.67. The van der Waals surface area contributed by atoms with Crippen molar-refractivity contribution in [2.45, 2.75) is 13.3 Å². The van der Waals surface area contributed by atoms with Gasteiger partial charge in [-0.15, -0.1) is 11.3 Å². The van der Waals surface area contributed by atoms with E-state index < -0.39 is 0 Å². The maximum atomic E-state index is 12.2. The molecule has 1 aromatic carbocycles. The standard InChI is InChI=1S/C14H16N2OS/c1-3-10-4-6-11(7-5-10)16(2)14(17)13-12(15)8-9-18-13/h4-9H,3,15H2,1-2H3. The van der Waals surface area contributed by atoms with Gasteiger partial charge in [-0.25, -0.2) is 0 Å². The van der Waals surface area contributed by atoms with E-state index in [0.29, 0.717) is 10.6 Å². The second-order valence-corrected chi connectivity index (χ2v) is 5.01. The second-order valence-electron chi connectivity index (χ2n) is 4.09. The lowest BCUT2D eigenvalue weighted by molar-refractivity contribution is 0.0997. The number of benzene rings is 1. The van der Waals surface area contributed by atoms with Crippen LogP contribution in [0.5, 0.6) is 0 Å². The van der Waals surface area contributed by atoms with Crippen LogP contribution >= 0.6 is 11.3 Å². The summed E-state index contributed by atoms with van der Waals surface area (Å²) in [6, 6.07) is 9.75. The molecule has 0 radical (unpaired) electrons. The zero-order valence-electron chi connectivity index (χ0n) is 10.5. The summed E-state index contributed by atoms with van der Waals surface area (Å²) in [4.78, 5) is 14.5. The van der Waals surface area contributed by atoms with Crippen LogP contribution in [-0.2, 0) is 6.42 Å². The van der Waals surface area contributed by atoms with Gasteiger partial charge in [-0.1, -0.05) is 19.1 Å². The highest BCUT2D eigenvalue weighted by Gasteiger charge is 2.17. The van der Waals surface area contributed by atoms with Crippen LogP contribution in [0.3, 0.4) is 0 Å². The van der Waals surface area contributed by atoms with Crippen molar-refractivity contribution in [1.82, 2.24) is 0 Å². The van der Waals surface area contributed by atoms with Crippen LogP contribution in [0.25, 0.3) is 0 Å². The number of thiophene rings is 1. The predicted molar refractivity (Wildman–Crippen MR) is 77.3 cm³/mol. The molecule has 2 N–H and O–H groups in total. The van der Waals surface area contributed by atoms with E-state index >= 15 is 0 Å². The number of rotatable bonds is 3. The molecule has 0 aliphatic heterocycles. The third-order valence-corrected chi connectivity index (χ3v) is 3.84. The number of nitrogens with two attached hydrogens (primary N) is 1. The molecular weight excluding hydrogens is 244 g/mol. The molecule has 2 rings (SSSR count). The minimum absolute atomic E-state index is 0.0632. The lowest BCUT2D eigenvalue weighted by Crippen LogP contribution is -2.26. The smallest absolute Gasteiger partial charge is 0.270 e. The summed E-state index contributed by atoms with van der Waals surface area (Å²) in [5, 5.41) is 1.83. The molecule has 94 valence electrons. The van der Waals surface area contributed by atoms with Gasteiger partial charge in [0.2, 0.25) is 0 Å². The molecule has 2 aromatic rings. The first-order chi connectivity index (χ1) is 8.63. The van der Waals surface area contributed by atoms with Crippen molar-refractivity contribution in [3.05, 3.63) is 46.2 Å². The molecule has 0 atom stereocenters. The van der Waals surface area contributed by atoms with E-state index in [1.54, 1.807) is 18.0 Å². The number of nitrogens with zero attached hydrogens (tertiary/aromatic N) is 1. The Morgan fingerprint density at radius 1 is 1.28 bits per heavy atom. The summed E-state index contributed by atoms with van der Waals surface area (Å²) in [5.41, 5.74) is 8.45. The molecule has 0 spiro atoms. The van der Waals surface area contributed by atoms with E-state index in [1.807, 2.05) is 29.6 Å². The number of hydrogen-bond donors (Lipinski definition) is 1. The van der Waals surface area contributed by atoms with Gasteiger partial charge < -0.3 is 10.6 Å².